The van der Waals surface area contributed by atoms with Gasteiger partial charge in [-0.1, -0.05) is 40.2 Å². The number of carbonyl (C=O) groups excluding carboxylic acids is 1. The number of amides is 1. The molecule has 0 aliphatic carbocycles. The lowest BCUT2D eigenvalue weighted by atomic mass is 10.2. The molecule has 0 aliphatic heterocycles. The van der Waals surface area contributed by atoms with Crippen molar-refractivity contribution < 1.29 is 13.9 Å². The highest BCUT2D eigenvalue weighted by Crippen LogP contribution is 2.14. The average Bonchev–Trinajstić information content (AvgIpc) is 2.46. The minimum absolute atomic E-state index is 0.0311. The molecule has 0 aliphatic rings. The van der Waals surface area contributed by atoms with Crippen molar-refractivity contribution >= 4 is 28.1 Å². The third-order valence-electron chi connectivity index (χ3n) is 2.45. The fourth-order valence-electron chi connectivity index (χ4n) is 1.50. The molecule has 2 aromatic rings. The molecule has 0 radical (unpaired) electrons. The summed E-state index contributed by atoms with van der Waals surface area (Å²) < 4.78 is 19.2. The van der Waals surface area contributed by atoms with Gasteiger partial charge in [0.15, 0.2) is 18.2 Å². The molecule has 0 unspecified atom stereocenters. The maximum absolute atomic E-state index is 13.3. The van der Waals surface area contributed by atoms with E-state index in [4.69, 9.17) is 4.74 Å². The zero-order valence-electron chi connectivity index (χ0n) is 10.9. The van der Waals surface area contributed by atoms with E-state index in [2.05, 4.69) is 26.5 Å². The van der Waals surface area contributed by atoms with Crippen LogP contribution in [0.3, 0.4) is 0 Å². The van der Waals surface area contributed by atoms with Crippen LogP contribution in [0.1, 0.15) is 5.56 Å². The van der Waals surface area contributed by atoms with E-state index >= 15 is 0 Å². The zero-order valence-corrected chi connectivity index (χ0v) is 12.5. The molecule has 108 valence electrons. The molecule has 21 heavy (non-hydrogen) atoms. The van der Waals surface area contributed by atoms with Gasteiger partial charge < -0.3 is 4.74 Å². The summed E-state index contributed by atoms with van der Waals surface area (Å²) in [6, 6.07) is 13.3. The summed E-state index contributed by atoms with van der Waals surface area (Å²) in [5.41, 5.74) is 3.14. The van der Waals surface area contributed by atoms with E-state index in [1.807, 2.05) is 24.3 Å². The van der Waals surface area contributed by atoms with Gasteiger partial charge in [0.05, 0.1) is 6.21 Å². The van der Waals surface area contributed by atoms with Gasteiger partial charge in [0.1, 0.15) is 0 Å². The van der Waals surface area contributed by atoms with Crippen LogP contribution in [0.25, 0.3) is 0 Å². The number of rotatable bonds is 5. The summed E-state index contributed by atoms with van der Waals surface area (Å²) in [5, 5.41) is 3.80. The highest BCUT2D eigenvalue weighted by molar-refractivity contribution is 9.10. The first kappa shape index (κ1) is 15.2. The SMILES string of the molecule is O=C(COc1ccccc1F)N/N=C/c1cccc(Br)c1. The number of ether oxygens (including phenoxy) is 1. The van der Waals surface area contributed by atoms with Gasteiger partial charge in [-0.3, -0.25) is 4.79 Å². The first-order valence-electron chi connectivity index (χ1n) is 6.10. The molecule has 0 fully saturated rings. The summed E-state index contributed by atoms with van der Waals surface area (Å²) in [6.07, 6.45) is 1.51. The van der Waals surface area contributed by atoms with Crippen LogP contribution in [0.2, 0.25) is 0 Å². The van der Waals surface area contributed by atoms with E-state index in [0.29, 0.717) is 0 Å². The topological polar surface area (TPSA) is 50.7 Å². The molecule has 0 heterocycles. The third kappa shape index (κ3) is 5.00. The molecule has 0 bridgehead atoms. The highest BCUT2D eigenvalue weighted by atomic mass is 79.9. The Hall–Kier alpha value is -2.21. The van der Waals surface area contributed by atoms with Crippen molar-refractivity contribution in [3.8, 4) is 5.75 Å². The van der Waals surface area contributed by atoms with Crippen molar-refractivity contribution in [3.05, 3.63) is 64.4 Å². The van der Waals surface area contributed by atoms with Gasteiger partial charge >= 0.3 is 0 Å². The number of hydrogen-bond donors (Lipinski definition) is 1. The lowest BCUT2D eigenvalue weighted by Gasteiger charge is -2.05. The molecule has 6 heteroatoms. The van der Waals surface area contributed by atoms with Crippen molar-refractivity contribution in [1.29, 1.82) is 0 Å². The number of hydrogen-bond acceptors (Lipinski definition) is 3. The Morgan fingerprint density at radius 3 is 2.86 bits per heavy atom. The van der Waals surface area contributed by atoms with Gasteiger partial charge in [-0.2, -0.15) is 5.10 Å². The second kappa shape index (κ2) is 7.54. The molecule has 1 amide bonds. The van der Waals surface area contributed by atoms with Gasteiger partial charge in [0, 0.05) is 4.47 Å². The van der Waals surface area contributed by atoms with Gasteiger partial charge in [-0.25, -0.2) is 9.82 Å². The largest absolute Gasteiger partial charge is 0.481 e. The summed E-state index contributed by atoms with van der Waals surface area (Å²) in [7, 11) is 0. The molecule has 0 saturated carbocycles. The van der Waals surface area contributed by atoms with Crippen LogP contribution < -0.4 is 10.2 Å². The minimum Gasteiger partial charge on any atom is -0.481 e. The van der Waals surface area contributed by atoms with E-state index < -0.39 is 11.7 Å². The second-order valence-electron chi connectivity index (χ2n) is 4.07. The molecule has 4 nitrogen and oxygen atoms in total. The molecule has 2 rings (SSSR count). The Bertz CT molecular complexity index is 662. The van der Waals surface area contributed by atoms with Crippen molar-refractivity contribution in [3.63, 3.8) is 0 Å². The lowest BCUT2D eigenvalue weighted by molar-refractivity contribution is -0.123. The molecule has 0 atom stereocenters. The fourth-order valence-corrected chi connectivity index (χ4v) is 1.92. The fraction of sp³-hybridized carbons (Fsp3) is 0.0667. The standard InChI is InChI=1S/C15H12BrFN2O2/c16-12-5-3-4-11(8-12)9-18-19-15(20)10-21-14-7-2-1-6-13(14)17/h1-9H,10H2,(H,19,20)/b18-9+. The van der Waals surface area contributed by atoms with Crippen molar-refractivity contribution in [2.75, 3.05) is 6.61 Å². The smallest absolute Gasteiger partial charge is 0.277 e. The predicted octanol–water partition coefficient (Wildman–Crippen LogP) is 3.12. The summed E-state index contributed by atoms with van der Waals surface area (Å²) >= 11 is 3.34. The molecule has 0 aromatic heterocycles. The second-order valence-corrected chi connectivity index (χ2v) is 4.98. The van der Waals surface area contributed by atoms with Crippen LogP contribution in [-0.2, 0) is 4.79 Å². The Morgan fingerprint density at radius 1 is 1.29 bits per heavy atom. The van der Waals surface area contributed by atoms with Crippen molar-refractivity contribution in [2.24, 2.45) is 5.10 Å². The molecule has 0 spiro atoms. The Morgan fingerprint density at radius 2 is 2.10 bits per heavy atom. The van der Waals surface area contributed by atoms with Gasteiger partial charge in [0.25, 0.3) is 5.91 Å². The zero-order chi connectivity index (χ0) is 15.1. The number of nitrogens with zero attached hydrogens (tertiary/aromatic N) is 1. The number of nitrogens with one attached hydrogen (secondary N) is 1. The van der Waals surface area contributed by atoms with Crippen molar-refractivity contribution in [2.45, 2.75) is 0 Å². The lowest BCUT2D eigenvalue weighted by Crippen LogP contribution is -2.24. The van der Waals surface area contributed by atoms with E-state index in [1.165, 1.54) is 18.3 Å². The van der Waals surface area contributed by atoms with Crippen molar-refractivity contribution in [1.82, 2.24) is 5.43 Å². The van der Waals surface area contributed by atoms with Gasteiger partial charge in [-0.15, -0.1) is 0 Å². The number of benzene rings is 2. The summed E-state index contributed by atoms with van der Waals surface area (Å²) in [6.45, 7) is -0.309. The number of hydrazone groups is 1. The Balaban J connectivity index is 1.81. The highest BCUT2D eigenvalue weighted by Gasteiger charge is 2.05. The van der Waals surface area contributed by atoms with E-state index in [1.54, 1.807) is 12.1 Å². The molecular weight excluding hydrogens is 339 g/mol. The Kier molecular flexibility index (Phi) is 5.45. The van der Waals surface area contributed by atoms with Crippen LogP contribution in [0, 0.1) is 5.82 Å². The normalized spacial score (nSPS) is 10.6. The minimum atomic E-state index is -0.511. The van der Waals surface area contributed by atoms with Gasteiger partial charge in [-0.05, 0) is 29.8 Å². The number of para-hydroxylation sites is 1. The number of carbonyl (C=O) groups is 1. The monoisotopic (exact) mass is 350 g/mol. The van der Waals surface area contributed by atoms with E-state index in [0.717, 1.165) is 10.0 Å². The molecule has 0 saturated heterocycles. The number of halogens is 2. The third-order valence-corrected chi connectivity index (χ3v) is 2.94. The average molecular weight is 351 g/mol. The van der Waals surface area contributed by atoms with Crippen LogP contribution in [-0.4, -0.2) is 18.7 Å². The van der Waals surface area contributed by atoms with E-state index in [9.17, 15) is 9.18 Å². The Labute approximate surface area is 129 Å². The van der Waals surface area contributed by atoms with Crippen LogP contribution in [0.5, 0.6) is 5.75 Å². The van der Waals surface area contributed by atoms with Crippen LogP contribution >= 0.6 is 15.9 Å². The van der Waals surface area contributed by atoms with Gasteiger partial charge in [0.2, 0.25) is 0 Å². The summed E-state index contributed by atoms with van der Waals surface area (Å²) in [5.74, 6) is -0.948. The first-order valence-corrected chi connectivity index (χ1v) is 6.89. The molecular formula is C15H12BrFN2O2. The maximum atomic E-state index is 13.3. The molecule has 1 N–H and O–H groups in total. The maximum Gasteiger partial charge on any atom is 0.277 e. The quantitative estimate of drug-likeness (QED) is 0.665. The van der Waals surface area contributed by atoms with Crippen LogP contribution in [0.15, 0.2) is 58.1 Å². The van der Waals surface area contributed by atoms with Crippen LogP contribution in [0.4, 0.5) is 4.39 Å². The first-order chi connectivity index (χ1) is 10.1. The molecule has 2 aromatic carbocycles. The predicted molar refractivity (Wildman–Crippen MR) is 81.8 cm³/mol. The summed E-state index contributed by atoms with van der Waals surface area (Å²) in [4.78, 5) is 11.5. The van der Waals surface area contributed by atoms with E-state index in [-0.39, 0.29) is 12.4 Å².